The van der Waals surface area contributed by atoms with Crippen molar-refractivity contribution in [1.29, 1.82) is 0 Å². The zero-order chi connectivity index (χ0) is 12.3. The quantitative estimate of drug-likeness (QED) is 0.815. The molecule has 2 N–H and O–H groups in total. The molecule has 0 amide bonds. The van der Waals surface area contributed by atoms with Crippen LogP contribution in [0.1, 0.15) is 25.8 Å². The molecule has 0 aromatic heterocycles. The average Bonchev–Trinajstić information content (AvgIpc) is 2.28. The van der Waals surface area contributed by atoms with Gasteiger partial charge >= 0.3 is 0 Å². The van der Waals surface area contributed by atoms with E-state index in [-0.39, 0.29) is 0 Å². The van der Waals surface area contributed by atoms with Crippen molar-refractivity contribution in [3.05, 3.63) is 29.8 Å². The van der Waals surface area contributed by atoms with Crippen LogP contribution >= 0.6 is 0 Å². The lowest BCUT2D eigenvalue weighted by Crippen LogP contribution is -2.45. The molecule has 3 nitrogen and oxygen atoms in total. The van der Waals surface area contributed by atoms with E-state index in [9.17, 15) is 0 Å². The van der Waals surface area contributed by atoms with Crippen LogP contribution in [0.5, 0.6) is 0 Å². The van der Waals surface area contributed by atoms with Gasteiger partial charge in [-0.1, -0.05) is 19.1 Å². The van der Waals surface area contributed by atoms with Gasteiger partial charge in [-0.05, 0) is 31.0 Å². The summed E-state index contributed by atoms with van der Waals surface area (Å²) in [5.74, 6) is 0. The van der Waals surface area contributed by atoms with Crippen molar-refractivity contribution >= 4 is 5.69 Å². The lowest BCUT2D eigenvalue weighted by Gasteiger charge is -2.36. The third-order valence-corrected chi connectivity index (χ3v) is 3.21. The number of benzene rings is 1. The van der Waals surface area contributed by atoms with E-state index < -0.39 is 0 Å². The first-order valence-corrected chi connectivity index (χ1v) is 6.39. The molecule has 2 unspecified atom stereocenters. The van der Waals surface area contributed by atoms with E-state index in [1.807, 2.05) is 12.1 Å². The molecule has 0 saturated carbocycles. The number of hydrogen-bond donors (Lipinski definition) is 1. The van der Waals surface area contributed by atoms with Crippen LogP contribution in [0.15, 0.2) is 24.3 Å². The van der Waals surface area contributed by atoms with Crippen LogP contribution in [0.3, 0.4) is 0 Å². The van der Waals surface area contributed by atoms with Crippen LogP contribution in [0.25, 0.3) is 0 Å². The number of nitrogen functional groups attached to an aromatic ring is 1. The van der Waals surface area contributed by atoms with E-state index in [4.69, 9.17) is 10.5 Å². The Bertz CT molecular complexity index is 367. The van der Waals surface area contributed by atoms with Gasteiger partial charge in [0.2, 0.25) is 0 Å². The predicted molar refractivity (Wildman–Crippen MR) is 70.8 cm³/mol. The summed E-state index contributed by atoms with van der Waals surface area (Å²) < 4.78 is 5.86. The Hall–Kier alpha value is -1.06. The van der Waals surface area contributed by atoms with Gasteiger partial charge in [-0.3, -0.25) is 4.90 Å². The molecular weight excluding hydrogens is 212 g/mol. The SMILES string of the molecule is CCC1CN(Cc2cccc(N)c2)CC(C)O1. The van der Waals surface area contributed by atoms with Crippen LogP contribution in [-0.2, 0) is 11.3 Å². The molecule has 0 spiro atoms. The summed E-state index contributed by atoms with van der Waals surface area (Å²) >= 11 is 0. The standard InChI is InChI=1S/C14H22N2O/c1-3-14-10-16(8-11(2)17-14)9-12-5-4-6-13(15)7-12/h4-7,11,14H,3,8-10,15H2,1-2H3. The molecule has 1 saturated heterocycles. The second-order valence-corrected chi connectivity index (χ2v) is 4.92. The van der Waals surface area contributed by atoms with E-state index in [1.165, 1.54) is 5.56 Å². The first kappa shape index (κ1) is 12.4. The Balaban J connectivity index is 1.98. The molecule has 0 aliphatic carbocycles. The highest BCUT2D eigenvalue weighted by Crippen LogP contribution is 2.17. The first-order chi connectivity index (χ1) is 8.17. The largest absolute Gasteiger partial charge is 0.399 e. The summed E-state index contributed by atoms with van der Waals surface area (Å²) in [6, 6.07) is 8.14. The number of hydrogen-bond acceptors (Lipinski definition) is 3. The van der Waals surface area contributed by atoms with E-state index in [0.717, 1.165) is 31.7 Å². The van der Waals surface area contributed by atoms with Gasteiger partial charge in [0.1, 0.15) is 0 Å². The molecule has 17 heavy (non-hydrogen) atoms. The predicted octanol–water partition coefficient (Wildman–Crippen LogP) is 2.27. The Morgan fingerprint density at radius 3 is 2.94 bits per heavy atom. The van der Waals surface area contributed by atoms with Gasteiger partial charge in [0.25, 0.3) is 0 Å². The molecular formula is C14H22N2O. The zero-order valence-corrected chi connectivity index (χ0v) is 10.7. The molecule has 1 fully saturated rings. The van der Waals surface area contributed by atoms with Crippen molar-refractivity contribution in [3.63, 3.8) is 0 Å². The highest BCUT2D eigenvalue weighted by molar-refractivity contribution is 5.40. The summed E-state index contributed by atoms with van der Waals surface area (Å²) in [7, 11) is 0. The van der Waals surface area contributed by atoms with Gasteiger partial charge < -0.3 is 10.5 Å². The van der Waals surface area contributed by atoms with Gasteiger partial charge in [-0.15, -0.1) is 0 Å². The lowest BCUT2D eigenvalue weighted by atomic mass is 10.1. The van der Waals surface area contributed by atoms with Crippen molar-refractivity contribution < 1.29 is 4.74 Å². The molecule has 1 aliphatic heterocycles. The van der Waals surface area contributed by atoms with Gasteiger partial charge in [-0.25, -0.2) is 0 Å². The Labute approximate surface area is 104 Å². The summed E-state index contributed by atoms with van der Waals surface area (Å²) in [5.41, 5.74) is 7.93. The normalized spacial score (nSPS) is 26.0. The molecule has 2 atom stereocenters. The van der Waals surface area contributed by atoms with E-state index >= 15 is 0 Å². The fourth-order valence-corrected chi connectivity index (χ4v) is 2.44. The Morgan fingerprint density at radius 2 is 2.24 bits per heavy atom. The van der Waals surface area contributed by atoms with Crippen LogP contribution < -0.4 is 5.73 Å². The van der Waals surface area contributed by atoms with Gasteiger partial charge in [0.05, 0.1) is 12.2 Å². The van der Waals surface area contributed by atoms with Gasteiger partial charge in [-0.2, -0.15) is 0 Å². The molecule has 94 valence electrons. The molecule has 3 heteroatoms. The molecule has 1 aromatic carbocycles. The summed E-state index contributed by atoms with van der Waals surface area (Å²) in [4.78, 5) is 2.46. The van der Waals surface area contributed by atoms with Crippen LogP contribution in [0, 0.1) is 0 Å². The van der Waals surface area contributed by atoms with E-state index in [0.29, 0.717) is 12.2 Å². The average molecular weight is 234 g/mol. The van der Waals surface area contributed by atoms with Gasteiger partial charge in [0.15, 0.2) is 0 Å². The molecule has 0 bridgehead atoms. The Kier molecular flexibility index (Phi) is 4.02. The van der Waals surface area contributed by atoms with Crippen molar-refractivity contribution in [1.82, 2.24) is 4.90 Å². The zero-order valence-electron chi connectivity index (χ0n) is 10.7. The van der Waals surface area contributed by atoms with Crippen molar-refractivity contribution in [2.75, 3.05) is 18.8 Å². The monoisotopic (exact) mass is 234 g/mol. The number of ether oxygens (including phenoxy) is 1. The topological polar surface area (TPSA) is 38.5 Å². The molecule has 1 aromatic rings. The van der Waals surface area contributed by atoms with Gasteiger partial charge in [0, 0.05) is 25.3 Å². The molecule has 2 rings (SSSR count). The number of morpholine rings is 1. The molecule has 1 heterocycles. The van der Waals surface area contributed by atoms with Crippen molar-refractivity contribution in [2.45, 2.75) is 39.0 Å². The number of rotatable bonds is 3. The maximum absolute atomic E-state index is 5.86. The highest BCUT2D eigenvalue weighted by Gasteiger charge is 2.23. The van der Waals surface area contributed by atoms with Crippen molar-refractivity contribution in [2.24, 2.45) is 0 Å². The summed E-state index contributed by atoms with van der Waals surface area (Å²) in [5, 5.41) is 0. The minimum atomic E-state index is 0.328. The third kappa shape index (κ3) is 3.45. The van der Waals surface area contributed by atoms with Crippen LogP contribution in [0.2, 0.25) is 0 Å². The minimum absolute atomic E-state index is 0.328. The van der Waals surface area contributed by atoms with E-state index in [2.05, 4.69) is 30.9 Å². The fraction of sp³-hybridized carbons (Fsp3) is 0.571. The Morgan fingerprint density at radius 1 is 1.41 bits per heavy atom. The highest BCUT2D eigenvalue weighted by atomic mass is 16.5. The maximum Gasteiger partial charge on any atom is 0.0703 e. The second kappa shape index (κ2) is 5.52. The number of nitrogens with zero attached hydrogens (tertiary/aromatic N) is 1. The first-order valence-electron chi connectivity index (χ1n) is 6.39. The molecule has 0 radical (unpaired) electrons. The smallest absolute Gasteiger partial charge is 0.0703 e. The lowest BCUT2D eigenvalue weighted by molar-refractivity contribution is -0.0800. The van der Waals surface area contributed by atoms with Crippen molar-refractivity contribution in [3.8, 4) is 0 Å². The third-order valence-electron chi connectivity index (χ3n) is 3.21. The second-order valence-electron chi connectivity index (χ2n) is 4.92. The van der Waals surface area contributed by atoms with E-state index in [1.54, 1.807) is 0 Å². The maximum atomic E-state index is 5.86. The minimum Gasteiger partial charge on any atom is -0.399 e. The van der Waals surface area contributed by atoms with Crippen LogP contribution in [-0.4, -0.2) is 30.2 Å². The summed E-state index contributed by atoms with van der Waals surface area (Å²) in [6.45, 7) is 7.33. The number of nitrogens with two attached hydrogens (primary N) is 1. The summed E-state index contributed by atoms with van der Waals surface area (Å²) in [6.07, 6.45) is 1.78. The molecule has 1 aliphatic rings. The fourth-order valence-electron chi connectivity index (χ4n) is 2.44. The van der Waals surface area contributed by atoms with Crippen LogP contribution in [0.4, 0.5) is 5.69 Å². The number of anilines is 1.